The van der Waals surface area contributed by atoms with Crippen LogP contribution in [-0.4, -0.2) is 35.9 Å². The van der Waals surface area contributed by atoms with E-state index in [1.165, 1.54) is 41.2 Å². The van der Waals surface area contributed by atoms with E-state index in [0.717, 1.165) is 49.1 Å². The number of hydrogen-bond acceptors (Lipinski definition) is 7. The van der Waals surface area contributed by atoms with Crippen LogP contribution in [0.5, 0.6) is 0 Å². The van der Waals surface area contributed by atoms with Crippen LogP contribution in [0.2, 0.25) is 0 Å². The molecular weight excluding hydrogens is 338 g/mol. The van der Waals surface area contributed by atoms with E-state index in [1.54, 1.807) is 6.20 Å². The second-order valence-electron chi connectivity index (χ2n) is 6.65. The van der Waals surface area contributed by atoms with Gasteiger partial charge in [-0.05, 0) is 32.1 Å². The largest absolute Gasteiger partial charge is 0.336 e. The molecule has 1 fully saturated rings. The topological polar surface area (TPSA) is 81.2 Å². The summed E-state index contributed by atoms with van der Waals surface area (Å²) in [6.45, 7) is 1.92. The van der Waals surface area contributed by atoms with Crippen LogP contribution < -0.4 is 10.5 Å². The predicted molar refractivity (Wildman–Crippen MR) is 94.0 cm³/mol. The molecule has 0 unspecified atom stereocenters. The first-order valence-electron chi connectivity index (χ1n) is 8.85. The Morgan fingerprint density at radius 3 is 2.96 bits per heavy atom. The van der Waals surface area contributed by atoms with Gasteiger partial charge in [-0.3, -0.25) is 4.79 Å². The van der Waals surface area contributed by atoms with Crippen LogP contribution >= 0.6 is 11.3 Å². The summed E-state index contributed by atoms with van der Waals surface area (Å²) in [5.41, 5.74) is -0.138. The van der Waals surface area contributed by atoms with E-state index in [0.29, 0.717) is 4.96 Å². The van der Waals surface area contributed by atoms with Gasteiger partial charge in [0.25, 0.3) is 5.56 Å². The third-order valence-corrected chi connectivity index (χ3v) is 6.05. The summed E-state index contributed by atoms with van der Waals surface area (Å²) >= 11 is 1.47. The van der Waals surface area contributed by atoms with Gasteiger partial charge < -0.3 is 9.47 Å². The molecule has 1 atom stereocenters. The molecule has 0 bridgehead atoms. The van der Waals surface area contributed by atoms with Gasteiger partial charge in [-0.25, -0.2) is 4.98 Å². The first-order valence-corrected chi connectivity index (χ1v) is 9.66. The number of piperidine rings is 1. The summed E-state index contributed by atoms with van der Waals surface area (Å²) in [6.07, 6.45) is 8.27. The maximum absolute atomic E-state index is 12.0. The van der Waals surface area contributed by atoms with Crippen molar-refractivity contribution in [3.63, 3.8) is 0 Å². The van der Waals surface area contributed by atoms with Crippen LogP contribution in [0.15, 0.2) is 17.1 Å². The molecule has 0 N–H and O–H groups in total. The molecule has 0 amide bonds. The third kappa shape index (κ3) is 2.45. The fourth-order valence-corrected chi connectivity index (χ4v) is 4.81. The van der Waals surface area contributed by atoms with Gasteiger partial charge in [0.2, 0.25) is 10.1 Å². The van der Waals surface area contributed by atoms with E-state index in [4.69, 9.17) is 0 Å². The van der Waals surface area contributed by atoms with Gasteiger partial charge in [0.1, 0.15) is 5.82 Å². The van der Waals surface area contributed by atoms with Gasteiger partial charge in [0.15, 0.2) is 5.82 Å². The molecule has 0 aliphatic carbocycles. The molecule has 0 spiro atoms. The van der Waals surface area contributed by atoms with Crippen LogP contribution in [0.25, 0.3) is 4.96 Å². The molecule has 5 heterocycles. The molecule has 25 heavy (non-hydrogen) atoms. The molecule has 2 aliphatic rings. The van der Waals surface area contributed by atoms with Gasteiger partial charge in [-0.15, -0.1) is 15.3 Å². The standard InChI is InChI=1S/C16H19N7OS/c24-13-7-8-17-15-23(13)20-16(25-15)21-9-3-1-5-11(21)14-19-18-12-6-2-4-10-22(12)14/h7-8,11H,1-6,9-10H2/t11-/m1/s1. The third-order valence-electron chi connectivity index (χ3n) is 5.09. The summed E-state index contributed by atoms with van der Waals surface area (Å²) in [5, 5.41) is 14.3. The zero-order valence-corrected chi connectivity index (χ0v) is 14.7. The molecule has 9 heteroatoms. The monoisotopic (exact) mass is 357 g/mol. The normalized spacial score (nSPS) is 20.8. The Morgan fingerprint density at radius 1 is 1.12 bits per heavy atom. The molecule has 0 aromatic carbocycles. The van der Waals surface area contributed by atoms with Crippen LogP contribution in [0.1, 0.15) is 49.8 Å². The van der Waals surface area contributed by atoms with Crippen molar-refractivity contribution >= 4 is 21.4 Å². The van der Waals surface area contributed by atoms with Crippen LogP contribution in [0.3, 0.4) is 0 Å². The molecule has 3 aromatic rings. The Labute approximate surface area is 148 Å². The quantitative estimate of drug-likeness (QED) is 0.696. The Morgan fingerprint density at radius 2 is 2.04 bits per heavy atom. The van der Waals surface area contributed by atoms with Crippen molar-refractivity contribution in [2.45, 2.75) is 51.1 Å². The second kappa shape index (κ2) is 5.91. The summed E-state index contributed by atoms with van der Waals surface area (Å²) in [5.74, 6) is 2.16. The lowest BCUT2D eigenvalue weighted by molar-refractivity contribution is 0.421. The maximum atomic E-state index is 12.0. The van der Waals surface area contributed by atoms with Crippen LogP contribution in [0.4, 0.5) is 5.13 Å². The van der Waals surface area contributed by atoms with Gasteiger partial charge in [-0.2, -0.15) is 4.52 Å². The van der Waals surface area contributed by atoms with Gasteiger partial charge in [0, 0.05) is 31.8 Å². The molecule has 2 aliphatic heterocycles. The lowest BCUT2D eigenvalue weighted by Gasteiger charge is -2.35. The second-order valence-corrected chi connectivity index (χ2v) is 7.58. The zero-order chi connectivity index (χ0) is 16.8. The molecular formula is C16H19N7OS. The highest BCUT2D eigenvalue weighted by Gasteiger charge is 2.32. The average molecular weight is 357 g/mol. The minimum Gasteiger partial charge on any atom is -0.336 e. The van der Waals surface area contributed by atoms with Gasteiger partial charge in [0.05, 0.1) is 6.04 Å². The predicted octanol–water partition coefficient (Wildman–Crippen LogP) is 1.81. The van der Waals surface area contributed by atoms with Crippen LogP contribution in [0, 0.1) is 0 Å². The molecule has 8 nitrogen and oxygen atoms in total. The fourth-order valence-electron chi connectivity index (χ4n) is 3.86. The van der Waals surface area contributed by atoms with E-state index in [1.807, 2.05) is 0 Å². The first kappa shape index (κ1) is 15.0. The lowest BCUT2D eigenvalue weighted by atomic mass is 10.0. The van der Waals surface area contributed by atoms with Crippen molar-refractivity contribution < 1.29 is 0 Å². The molecule has 0 saturated carbocycles. The number of hydrogen-bond donors (Lipinski definition) is 0. The summed E-state index contributed by atoms with van der Waals surface area (Å²) in [4.78, 5) is 19.2. The zero-order valence-electron chi connectivity index (χ0n) is 13.8. The Bertz CT molecular complexity index is 974. The van der Waals surface area contributed by atoms with Gasteiger partial charge >= 0.3 is 0 Å². The number of fused-ring (bicyclic) bond motifs is 2. The van der Waals surface area contributed by atoms with Crippen molar-refractivity contribution in [2.24, 2.45) is 0 Å². The summed E-state index contributed by atoms with van der Waals surface area (Å²) in [6, 6.07) is 1.61. The highest BCUT2D eigenvalue weighted by atomic mass is 32.1. The van der Waals surface area contributed by atoms with Crippen molar-refractivity contribution in [3.05, 3.63) is 34.3 Å². The summed E-state index contributed by atoms with van der Waals surface area (Å²) < 4.78 is 3.69. The van der Waals surface area contributed by atoms with E-state index >= 15 is 0 Å². The number of rotatable bonds is 2. The van der Waals surface area contributed by atoms with Gasteiger partial charge in [-0.1, -0.05) is 11.3 Å². The van der Waals surface area contributed by atoms with Crippen molar-refractivity contribution in [1.29, 1.82) is 0 Å². The van der Waals surface area contributed by atoms with Crippen LogP contribution in [-0.2, 0) is 13.0 Å². The van der Waals surface area contributed by atoms with E-state index in [2.05, 4.69) is 29.7 Å². The number of aromatic nitrogens is 6. The molecule has 5 rings (SSSR count). The van der Waals surface area contributed by atoms with E-state index in [-0.39, 0.29) is 11.6 Å². The molecule has 3 aromatic heterocycles. The Balaban J connectivity index is 1.57. The molecule has 1 saturated heterocycles. The van der Waals surface area contributed by atoms with E-state index in [9.17, 15) is 4.79 Å². The minimum absolute atomic E-state index is 0.138. The smallest absolute Gasteiger partial charge is 0.275 e. The minimum atomic E-state index is -0.138. The molecule has 130 valence electrons. The Hall–Kier alpha value is -2.29. The maximum Gasteiger partial charge on any atom is 0.275 e. The average Bonchev–Trinajstić information content (AvgIpc) is 3.27. The number of aryl methyl sites for hydroxylation is 1. The number of nitrogens with zero attached hydrogens (tertiary/aromatic N) is 7. The first-order chi connectivity index (χ1) is 12.3. The van der Waals surface area contributed by atoms with Crippen molar-refractivity contribution in [3.8, 4) is 0 Å². The van der Waals surface area contributed by atoms with E-state index < -0.39 is 0 Å². The van der Waals surface area contributed by atoms with Crippen molar-refractivity contribution in [2.75, 3.05) is 11.4 Å². The summed E-state index contributed by atoms with van der Waals surface area (Å²) in [7, 11) is 0. The highest BCUT2D eigenvalue weighted by Crippen LogP contribution is 2.36. The number of anilines is 1. The SMILES string of the molecule is O=c1ccnc2sc(N3CCCC[C@@H]3c3nnc4n3CCCC4)nn12. The fraction of sp³-hybridized carbons (Fsp3) is 0.562. The van der Waals surface area contributed by atoms with Crippen molar-refractivity contribution in [1.82, 2.24) is 29.4 Å². The Kier molecular flexibility index (Phi) is 3.54. The highest BCUT2D eigenvalue weighted by molar-refractivity contribution is 7.20. The molecule has 0 radical (unpaired) electrons. The lowest BCUT2D eigenvalue weighted by Crippen LogP contribution is -2.35.